The Bertz CT molecular complexity index is 1170. The van der Waals surface area contributed by atoms with Crippen molar-refractivity contribution in [3.8, 4) is 5.75 Å². The number of H-pyrrole nitrogens is 1. The van der Waals surface area contributed by atoms with Crippen molar-refractivity contribution in [3.63, 3.8) is 0 Å². The lowest BCUT2D eigenvalue weighted by atomic mass is 9.93. The number of ether oxygens (including phenoxy) is 1. The van der Waals surface area contributed by atoms with Crippen molar-refractivity contribution in [1.82, 2.24) is 24.9 Å². The summed E-state index contributed by atoms with van der Waals surface area (Å²) in [6.07, 6.45) is 5.17. The topological polar surface area (TPSA) is 76.0 Å². The van der Waals surface area contributed by atoms with E-state index in [0.717, 1.165) is 40.7 Å². The lowest BCUT2D eigenvalue weighted by Gasteiger charge is -2.33. The predicted molar refractivity (Wildman–Crippen MR) is 114 cm³/mol. The van der Waals surface area contributed by atoms with E-state index in [1.54, 1.807) is 17.1 Å². The number of aromatic amines is 1. The summed E-state index contributed by atoms with van der Waals surface area (Å²) in [5, 5.41) is 9.54. The number of amides is 1. The molecule has 5 rings (SSSR count). The van der Waals surface area contributed by atoms with Crippen LogP contribution < -0.4 is 4.74 Å². The first-order chi connectivity index (χ1) is 14.7. The van der Waals surface area contributed by atoms with Crippen molar-refractivity contribution >= 4 is 28.9 Å². The summed E-state index contributed by atoms with van der Waals surface area (Å²) >= 11 is 6.22. The molecule has 1 unspecified atom stereocenters. The third kappa shape index (κ3) is 3.41. The Morgan fingerprint density at radius 3 is 2.87 bits per heavy atom. The molecule has 1 aliphatic heterocycles. The quantitative estimate of drug-likeness (QED) is 0.483. The van der Waals surface area contributed by atoms with Crippen molar-refractivity contribution in [1.29, 1.82) is 0 Å². The van der Waals surface area contributed by atoms with Crippen LogP contribution in [0.1, 0.15) is 22.9 Å². The zero-order valence-electron chi connectivity index (χ0n) is 16.2. The van der Waals surface area contributed by atoms with E-state index in [4.69, 9.17) is 16.3 Å². The van der Waals surface area contributed by atoms with Gasteiger partial charge in [0.25, 0.3) is 0 Å². The first-order valence-corrected chi connectivity index (χ1v) is 10.2. The van der Waals surface area contributed by atoms with Crippen molar-refractivity contribution in [2.24, 2.45) is 0 Å². The first kappa shape index (κ1) is 18.7. The summed E-state index contributed by atoms with van der Waals surface area (Å²) < 4.78 is 7.54. The van der Waals surface area contributed by atoms with Gasteiger partial charge >= 0.3 is 0 Å². The number of hydrogen-bond acceptors (Lipinski definition) is 4. The van der Waals surface area contributed by atoms with E-state index in [2.05, 4.69) is 15.3 Å². The number of carbonyl (C=O) groups excluding carboxylic acids is 1. The number of aromatic nitrogens is 4. The third-order valence-corrected chi connectivity index (χ3v) is 5.75. The number of carbonyl (C=O) groups is 1. The lowest BCUT2D eigenvalue weighted by molar-refractivity contribution is -0.120. The van der Waals surface area contributed by atoms with Gasteiger partial charge in [-0.1, -0.05) is 28.9 Å². The zero-order chi connectivity index (χ0) is 20.5. The maximum atomic E-state index is 11.8. The standard InChI is InChI=1S/C22H20ClN5O2/c23-16-3-6-20-19(13-16)18-7-9-27(14-29)22(21(18)25-20)15-1-4-17(5-2-15)30-12-11-28-10-8-24-26-28/h1-6,8,10,13-14,22,25H,7,9,11-12H2. The normalized spacial score (nSPS) is 15.9. The summed E-state index contributed by atoms with van der Waals surface area (Å²) in [7, 11) is 0. The minimum Gasteiger partial charge on any atom is -0.492 e. The van der Waals surface area contributed by atoms with Gasteiger partial charge in [-0.05, 0) is 47.9 Å². The van der Waals surface area contributed by atoms with Gasteiger partial charge in [0.15, 0.2) is 0 Å². The minimum atomic E-state index is -0.165. The minimum absolute atomic E-state index is 0.165. The molecule has 1 amide bonds. The van der Waals surface area contributed by atoms with Gasteiger partial charge in [0.05, 0.1) is 18.8 Å². The fourth-order valence-corrected chi connectivity index (χ4v) is 4.28. The highest BCUT2D eigenvalue weighted by atomic mass is 35.5. The molecule has 0 spiro atoms. The summed E-state index contributed by atoms with van der Waals surface area (Å²) in [6, 6.07) is 13.6. The van der Waals surface area contributed by atoms with Crippen LogP contribution in [0.3, 0.4) is 0 Å². The average molecular weight is 422 g/mol. The SMILES string of the molecule is O=CN1CCc2c([nH]c3ccc(Cl)cc23)C1c1ccc(OCCn2ccnn2)cc1. The number of hydrogen-bond donors (Lipinski definition) is 1. The Labute approximate surface area is 178 Å². The molecule has 0 fully saturated rings. The largest absolute Gasteiger partial charge is 0.492 e. The molecular formula is C22H20ClN5O2. The fourth-order valence-electron chi connectivity index (χ4n) is 4.11. The van der Waals surface area contributed by atoms with E-state index in [1.165, 1.54) is 5.56 Å². The number of halogens is 1. The van der Waals surface area contributed by atoms with E-state index in [0.29, 0.717) is 24.7 Å². The Hall–Kier alpha value is -3.32. The number of fused-ring (bicyclic) bond motifs is 3. The maximum Gasteiger partial charge on any atom is 0.210 e. The second-order valence-corrected chi connectivity index (χ2v) is 7.72. The van der Waals surface area contributed by atoms with E-state index in [-0.39, 0.29) is 6.04 Å². The third-order valence-electron chi connectivity index (χ3n) is 5.52. The molecule has 30 heavy (non-hydrogen) atoms. The molecule has 1 aliphatic rings. The van der Waals surface area contributed by atoms with E-state index < -0.39 is 0 Å². The number of nitrogens with one attached hydrogen (secondary N) is 1. The molecule has 152 valence electrons. The Balaban J connectivity index is 1.41. The van der Waals surface area contributed by atoms with Gasteiger partial charge in [-0.3, -0.25) is 4.79 Å². The van der Waals surface area contributed by atoms with Gasteiger partial charge in [0, 0.05) is 34.4 Å². The van der Waals surface area contributed by atoms with Crippen molar-refractivity contribution in [2.45, 2.75) is 19.0 Å². The molecule has 0 bridgehead atoms. The van der Waals surface area contributed by atoms with Gasteiger partial charge in [-0.15, -0.1) is 5.10 Å². The van der Waals surface area contributed by atoms with E-state index >= 15 is 0 Å². The van der Waals surface area contributed by atoms with Gasteiger partial charge in [-0.2, -0.15) is 0 Å². The second-order valence-electron chi connectivity index (χ2n) is 7.29. The van der Waals surface area contributed by atoms with Crippen molar-refractivity contribution in [3.05, 3.63) is 76.7 Å². The molecule has 2 aromatic heterocycles. The number of benzene rings is 2. The van der Waals surface area contributed by atoms with Gasteiger partial charge < -0.3 is 14.6 Å². The van der Waals surface area contributed by atoms with Crippen LogP contribution in [0.4, 0.5) is 0 Å². The fraction of sp³-hybridized carbons (Fsp3) is 0.227. The highest BCUT2D eigenvalue weighted by Crippen LogP contribution is 2.38. The van der Waals surface area contributed by atoms with Crippen LogP contribution in [0.2, 0.25) is 5.02 Å². The summed E-state index contributed by atoms with van der Waals surface area (Å²) in [5.41, 5.74) is 4.34. The van der Waals surface area contributed by atoms with Crippen LogP contribution in [-0.2, 0) is 17.8 Å². The molecule has 0 saturated carbocycles. The lowest BCUT2D eigenvalue weighted by Crippen LogP contribution is -2.34. The van der Waals surface area contributed by atoms with Gasteiger partial charge in [0.2, 0.25) is 6.41 Å². The van der Waals surface area contributed by atoms with Crippen LogP contribution in [0.15, 0.2) is 54.9 Å². The highest BCUT2D eigenvalue weighted by molar-refractivity contribution is 6.31. The van der Waals surface area contributed by atoms with Crippen LogP contribution in [0.25, 0.3) is 10.9 Å². The Morgan fingerprint density at radius 1 is 1.23 bits per heavy atom. The Kier molecular flexibility index (Phi) is 4.88. The Morgan fingerprint density at radius 2 is 2.10 bits per heavy atom. The highest BCUT2D eigenvalue weighted by Gasteiger charge is 2.31. The monoisotopic (exact) mass is 421 g/mol. The molecule has 3 heterocycles. The predicted octanol–water partition coefficient (Wildman–Crippen LogP) is 3.60. The van der Waals surface area contributed by atoms with Gasteiger partial charge in [0.1, 0.15) is 12.4 Å². The summed E-state index contributed by atoms with van der Waals surface area (Å²) in [4.78, 5) is 17.1. The average Bonchev–Trinajstić information content (AvgIpc) is 3.41. The molecule has 0 radical (unpaired) electrons. The second kappa shape index (κ2) is 7.84. The maximum absolute atomic E-state index is 11.8. The summed E-state index contributed by atoms with van der Waals surface area (Å²) in [6.45, 7) is 1.79. The molecule has 0 aliphatic carbocycles. The molecule has 2 aromatic carbocycles. The van der Waals surface area contributed by atoms with Crippen molar-refractivity contribution in [2.75, 3.05) is 13.2 Å². The van der Waals surface area contributed by atoms with Crippen LogP contribution in [-0.4, -0.2) is 44.4 Å². The molecule has 8 heteroatoms. The number of nitrogens with zero attached hydrogens (tertiary/aromatic N) is 4. The molecule has 0 saturated heterocycles. The van der Waals surface area contributed by atoms with E-state index in [9.17, 15) is 4.79 Å². The zero-order valence-corrected chi connectivity index (χ0v) is 16.9. The van der Waals surface area contributed by atoms with Gasteiger partial charge in [-0.25, -0.2) is 4.68 Å². The first-order valence-electron chi connectivity index (χ1n) is 9.81. The van der Waals surface area contributed by atoms with Crippen LogP contribution in [0.5, 0.6) is 5.75 Å². The van der Waals surface area contributed by atoms with Crippen LogP contribution >= 0.6 is 11.6 Å². The number of rotatable bonds is 6. The van der Waals surface area contributed by atoms with Crippen molar-refractivity contribution < 1.29 is 9.53 Å². The summed E-state index contributed by atoms with van der Waals surface area (Å²) in [5.74, 6) is 0.774. The molecule has 1 N–H and O–H groups in total. The molecule has 4 aromatic rings. The van der Waals surface area contributed by atoms with E-state index in [1.807, 2.05) is 47.4 Å². The van der Waals surface area contributed by atoms with Crippen LogP contribution in [0, 0.1) is 0 Å². The molecule has 7 nitrogen and oxygen atoms in total. The smallest absolute Gasteiger partial charge is 0.210 e. The molecular weight excluding hydrogens is 402 g/mol. The molecule has 1 atom stereocenters.